The summed E-state index contributed by atoms with van der Waals surface area (Å²) in [6.45, 7) is 4.88. The Morgan fingerprint density at radius 1 is 1.32 bits per heavy atom. The zero-order valence-corrected chi connectivity index (χ0v) is 14.7. The number of ether oxygens (including phenoxy) is 1. The van der Waals surface area contributed by atoms with Gasteiger partial charge in [-0.3, -0.25) is 19.5 Å². The van der Waals surface area contributed by atoms with Gasteiger partial charge in [-0.2, -0.15) is 0 Å². The van der Waals surface area contributed by atoms with Gasteiger partial charge in [0.25, 0.3) is 5.91 Å². The topological polar surface area (TPSA) is 54.9 Å². The minimum atomic E-state index is -0.0577. The van der Waals surface area contributed by atoms with Gasteiger partial charge in [-0.15, -0.1) is 0 Å². The number of piperidine rings is 1. The van der Waals surface area contributed by atoms with E-state index in [1.807, 2.05) is 18.5 Å². The predicted molar refractivity (Wildman–Crippen MR) is 92.4 cm³/mol. The number of carbonyl (C=O) groups is 1. The molecule has 0 spiro atoms. The maximum Gasteiger partial charge on any atom is 0.251 e. The lowest BCUT2D eigenvalue weighted by Gasteiger charge is -2.43. The van der Waals surface area contributed by atoms with Crippen molar-refractivity contribution in [2.45, 2.75) is 38.3 Å². The molecular formula is C19H27N3O3. The van der Waals surface area contributed by atoms with Gasteiger partial charge in [0, 0.05) is 38.6 Å². The summed E-state index contributed by atoms with van der Waals surface area (Å²) in [5, 5.41) is 1.58. The first-order valence-electron chi connectivity index (χ1n) is 9.47. The van der Waals surface area contributed by atoms with E-state index in [1.165, 1.54) is 5.56 Å². The van der Waals surface area contributed by atoms with Gasteiger partial charge in [-0.05, 0) is 43.2 Å². The highest BCUT2D eigenvalue weighted by Crippen LogP contribution is 2.33. The molecule has 3 saturated heterocycles. The summed E-state index contributed by atoms with van der Waals surface area (Å²) in [5.74, 6) is 0.484. The van der Waals surface area contributed by atoms with E-state index < -0.39 is 0 Å². The minimum absolute atomic E-state index is 0.0577. The Morgan fingerprint density at radius 3 is 3.08 bits per heavy atom. The zero-order chi connectivity index (χ0) is 17.1. The quantitative estimate of drug-likeness (QED) is 0.837. The van der Waals surface area contributed by atoms with E-state index in [0.29, 0.717) is 25.2 Å². The van der Waals surface area contributed by atoms with Gasteiger partial charge in [0.1, 0.15) is 0 Å². The first-order chi connectivity index (χ1) is 12.3. The second kappa shape index (κ2) is 7.81. The molecule has 0 aromatic carbocycles. The Kier molecular flexibility index (Phi) is 5.29. The molecule has 0 aliphatic carbocycles. The molecule has 3 fully saturated rings. The van der Waals surface area contributed by atoms with Crippen LogP contribution in [0.15, 0.2) is 24.5 Å². The number of likely N-dealkylation sites (tertiary alicyclic amines) is 1. The lowest BCUT2D eigenvalue weighted by atomic mass is 9.83. The summed E-state index contributed by atoms with van der Waals surface area (Å²) in [5.41, 5.74) is 1.24. The summed E-state index contributed by atoms with van der Waals surface area (Å²) in [7, 11) is 0. The molecule has 136 valence electrons. The summed E-state index contributed by atoms with van der Waals surface area (Å²) < 4.78 is 6.06. The van der Waals surface area contributed by atoms with Crippen LogP contribution in [0.5, 0.6) is 0 Å². The number of hydrogen-bond acceptors (Lipinski definition) is 5. The fourth-order valence-corrected chi connectivity index (χ4v) is 4.24. The molecule has 0 bridgehead atoms. The molecule has 4 heterocycles. The third-order valence-corrected chi connectivity index (χ3v) is 5.57. The lowest BCUT2D eigenvalue weighted by molar-refractivity contribution is -0.208. The molecular weight excluding hydrogens is 318 g/mol. The molecule has 1 aromatic heterocycles. The van der Waals surface area contributed by atoms with Crippen LogP contribution in [0.1, 0.15) is 31.2 Å². The molecule has 0 radical (unpaired) electrons. The number of carbonyl (C=O) groups excluding carboxylic acids is 1. The van der Waals surface area contributed by atoms with Crippen LogP contribution in [-0.2, 0) is 20.9 Å². The van der Waals surface area contributed by atoms with Crippen molar-refractivity contribution in [2.75, 3.05) is 32.8 Å². The molecule has 1 amide bonds. The Labute approximate surface area is 149 Å². The molecule has 3 aliphatic heterocycles. The molecule has 3 atom stereocenters. The highest BCUT2D eigenvalue weighted by molar-refractivity contribution is 5.78. The van der Waals surface area contributed by atoms with Crippen LogP contribution in [0.3, 0.4) is 0 Å². The van der Waals surface area contributed by atoms with Crippen LogP contribution in [0, 0.1) is 11.8 Å². The minimum Gasteiger partial charge on any atom is -0.377 e. The largest absolute Gasteiger partial charge is 0.377 e. The molecule has 0 N–H and O–H groups in total. The number of hydrogen-bond donors (Lipinski definition) is 0. The van der Waals surface area contributed by atoms with Crippen LogP contribution in [0.25, 0.3) is 0 Å². The highest BCUT2D eigenvalue weighted by atomic mass is 16.7. The molecule has 25 heavy (non-hydrogen) atoms. The van der Waals surface area contributed by atoms with Gasteiger partial charge in [-0.25, -0.2) is 5.06 Å². The summed E-state index contributed by atoms with van der Waals surface area (Å²) in [6, 6.07) is 4.11. The van der Waals surface area contributed by atoms with Crippen molar-refractivity contribution in [1.29, 1.82) is 0 Å². The average Bonchev–Trinajstić information content (AvgIpc) is 2.68. The number of fused-ring (bicyclic) bond motifs is 1. The van der Waals surface area contributed by atoms with Crippen molar-refractivity contribution in [3.63, 3.8) is 0 Å². The van der Waals surface area contributed by atoms with Gasteiger partial charge in [-0.1, -0.05) is 6.07 Å². The van der Waals surface area contributed by atoms with Crippen LogP contribution in [-0.4, -0.2) is 59.8 Å². The number of aromatic nitrogens is 1. The van der Waals surface area contributed by atoms with Crippen LogP contribution in [0.4, 0.5) is 0 Å². The normalized spacial score (nSPS) is 30.7. The van der Waals surface area contributed by atoms with Gasteiger partial charge in [0.2, 0.25) is 0 Å². The molecule has 0 unspecified atom stereocenters. The van der Waals surface area contributed by atoms with Crippen LogP contribution < -0.4 is 0 Å². The molecule has 6 nitrogen and oxygen atoms in total. The maximum atomic E-state index is 12.7. The molecule has 4 rings (SSSR count). The summed E-state index contributed by atoms with van der Waals surface area (Å²) in [6.07, 6.45) is 8.08. The van der Waals surface area contributed by atoms with Crippen molar-refractivity contribution in [1.82, 2.24) is 14.9 Å². The zero-order valence-electron chi connectivity index (χ0n) is 14.7. The lowest BCUT2D eigenvalue weighted by Crippen LogP contribution is -2.51. The number of rotatable bonds is 3. The van der Waals surface area contributed by atoms with E-state index in [0.717, 1.165) is 51.9 Å². The van der Waals surface area contributed by atoms with Crippen molar-refractivity contribution in [2.24, 2.45) is 11.8 Å². The number of amides is 1. The highest BCUT2D eigenvalue weighted by Gasteiger charge is 2.39. The van der Waals surface area contributed by atoms with E-state index in [1.54, 1.807) is 5.06 Å². The van der Waals surface area contributed by atoms with Gasteiger partial charge in [0.05, 0.1) is 25.2 Å². The summed E-state index contributed by atoms with van der Waals surface area (Å²) in [4.78, 5) is 24.9. The molecule has 3 aliphatic rings. The Bertz CT molecular complexity index is 577. The maximum absolute atomic E-state index is 12.7. The molecule has 6 heteroatoms. The first-order valence-corrected chi connectivity index (χ1v) is 9.47. The van der Waals surface area contributed by atoms with E-state index in [9.17, 15) is 4.79 Å². The SMILES string of the molecule is O=C([C@@H]1CO[C@@H]2CCN(Cc3cccnc3)C[C@@H]2C1)N1CCCCO1. The van der Waals surface area contributed by atoms with Gasteiger partial charge in [0.15, 0.2) is 0 Å². The Morgan fingerprint density at radius 2 is 2.28 bits per heavy atom. The summed E-state index contributed by atoms with van der Waals surface area (Å²) >= 11 is 0. The number of hydroxylamine groups is 2. The predicted octanol–water partition coefficient (Wildman–Crippen LogP) is 1.86. The van der Waals surface area contributed by atoms with Crippen molar-refractivity contribution in [3.05, 3.63) is 30.1 Å². The molecule has 1 aromatic rings. The van der Waals surface area contributed by atoms with Crippen molar-refractivity contribution in [3.8, 4) is 0 Å². The van der Waals surface area contributed by atoms with Crippen molar-refractivity contribution >= 4 is 5.91 Å². The van der Waals surface area contributed by atoms with Crippen LogP contribution >= 0.6 is 0 Å². The van der Waals surface area contributed by atoms with Gasteiger partial charge >= 0.3 is 0 Å². The third-order valence-electron chi connectivity index (χ3n) is 5.57. The smallest absolute Gasteiger partial charge is 0.251 e. The van der Waals surface area contributed by atoms with E-state index >= 15 is 0 Å². The second-order valence-corrected chi connectivity index (χ2v) is 7.43. The van der Waals surface area contributed by atoms with E-state index in [-0.39, 0.29) is 11.8 Å². The standard InChI is InChI=1S/C19H27N3O3/c23-19(22-7-1-2-9-25-22)17-10-16-13-21(8-5-18(16)24-14-17)12-15-4-3-6-20-11-15/h3-4,6,11,16-18H,1-2,5,7-10,12-14H2/t16-,17-,18+/m0/s1. The Balaban J connectivity index is 1.34. The van der Waals surface area contributed by atoms with Crippen molar-refractivity contribution < 1.29 is 14.4 Å². The number of nitrogens with zero attached hydrogens (tertiary/aromatic N) is 3. The monoisotopic (exact) mass is 345 g/mol. The average molecular weight is 345 g/mol. The third kappa shape index (κ3) is 4.02. The fourth-order valence-electron chi connectivity index (χ4n) is 4.24. The fraction of sp³-hybridized carbons (Fsp3) is 0.684. The van der Waals surface area contributed by atoms with Crippen LogP contribution in [0.2, 0.25) is 0 Å². The second-order valence-electron chi connectivity index (χ2n) is 7.43. The van der Waals surface area contributed by atoms with Gasteiger partial charge < -0.3 is 4.74 Å². The first kappa shape index (κ1) is 16.9. The van der Waals surface area contributed by atoms with E-state index in [4.69, 9.17) is 9.57 Å². The number of pyridine rings is 1. The Hall–Kier alpha value is -1.50. The van der Waals surface area contributed by atoms with E-state index in [2.05, 4.69) is 16.0 Å². The molecule has 0 saturated carbocycles.